The fourth-order valence-corrected chi connectivity index (χ4v) is 1.39. The molecule has 0 aliphatic heterocycles. The van der Waals surface area contributed by atoms with Gasteiger partial charge in [-0.05, 0) is 12.1 Å². The Morgan fingerprint density at radius 3 is 2.53 bits per heavy atom. The van der Waals surface area contributed by atoms with Crippen molar-refractivity contribution in [3.8, 4) is 0 Å². The topological polar surface area (TPSA) is 81.7 Å². The van der Waals surface area contributed by atoms with E-state index in [0.29, 0.717) is 12.4 Å². The van der Waals surface area contributed by atoms with Crippen molar-refractivity contribution in [2.45, 2.75) is 12.7 Å². The second-order valence-electron chi connectivity index (χ2n) is 3.83. The standard InChI is InChI=1S/C10H11F3N6/c1-19-9(14)6(5-16-19)4-15-8-3-2-7(17-18-8)10(11,12)13/h2-3,5H,4,14H2,1H3,(H,15,18). The number of rotatable bonds is 3. The number of hydrogen-bond donors (Lipinski definition) is 2. The number of nitrogens with one attached hydrogen (secondary N) is 1. The smallest absolute Gasteiger partial charge is 0.384 e. The summed E-state index contributed by atoms with van der Waals surface area (Å²) in [4.78, 5) is 0. The Hall–Kier alpha value is -2.32. The van der Waals surface area contributed by atoms with Gasteiger partial charge < -0.3 is 11.1 Å². The Bertz CT molecular complexity index is 560. The summed E-state index contributed by atoms with van der Waals surface area (Å²) in [5.41, 5.74) is 5.42. The monoisotopic (exact) mass is 272 g/mol. The average molecular weight is 272 g/mol. The summed E-state index contributed by atoms with van der Waals surface area (Å²) in [6.45, 7) is 0.305. The first kappa shape index (κ1) is 13.1. The predicted molar refractivity (Wildman–Crippen MR) is 62.0 cm³/mol. The number of nitrogens with two attached hydrogens (primary N) is 1. The molecule has 3 N–H and O–H groups in total. The number of nitrogens with zero attached hydrogens (tertiary/aromatic N) is 4. The zero-order chi connectivity index (χ0) is 14.0. The van der Waals surface area contributed by atoms with E-state index in [9.17, 15) is 13.2 Å². The number of aryl methyl sites for hydroxylation is 1. The highest BCUT2D eigenvalue weighted by Crippen LogP contribution is 2.27. The molecule has 0 spiro atoms. The number of nitrogen functional groups attached to an aromatic ring is 1. The van der Waals surface area contributed by atoms with E-state index in [-0.39, 0.29) is 5.82 Å². The molecule has 6 nitrogen and oxygen atoms in total. The number of anilines is 2. The molecule has 0 saturated carbocycles. The molecule has 0 unspecified atom stereocenters. The molecular weight excluding hydrogens is 261 g/mol. The Kier molecular flexibility index (Phi) is 3.28. The number of hydrogen-bond acceptors (Lipinski definition) is 5. The minimum Gasteiger partial charge on any atom is -0.384 e. The van der Waals surface area contributed by atoms with Gasteiger partial charge in [0.2, 0.25) is 0 Å². The van der Waals surface area contributed by atoms with Crippen LogP contribution in [0.25, 0.3) is 0 Å². The third-order valence-corrected chi connectivity index (χ3v) is 2.48. The van der Waals surface area contributed by atoms with Crippen molar-refractivity contribution < 1.29 is 13.2 Å². The lowest BCUT2D eigenvalue weighted by molar-refractivity contribution is -0.141. The average Bonchev–Trinajstić information content (AvgIpc) is 2.67. The second-order valence-corrected chi connectivity index (χ2v) is 3.83. The van der Waals surface area contributed by atoms with Gasteiger partial charge in [0.1, 0.15) is 11.6 Å². The van der Waals surface area contributed by atoms with E-state index in [1.807, 2.05) is 0 Å². The second kappa shape index (κ2) is 4.75. The summed E-state index contributed by atoms with van der Waals surface area (Å²) in [5, 5.41) is 13.3. The van der Waals surface area contributed by atoms with Crippen molar-refractivity contribution in [2.24, 2.45) is 7.05 Å². The van der Waals surface area contributed by atoms with Crippen LogP contribution in [0.15, 0.2) is 18.3 Å². The van der Waals surface area contributed by atoms with Crippen LogP contribution in [0.3, 0.4) is 0 Å². The highest BCUT2D eigenvalue weighted by molar-refractivity contribution is 5.42. The van der Waals surface area contributed by atoms with Crippen LogP contribution in [0.5, 0.6) is 0 Å². The lowest BCUT2D eigenvalue weighted by Gasteiger charge is -2.07. The van der Waals surface area contributed by atoms with Crippen molar-refractivity contribution >= 4 is 11.6 Å². The zero-order valence-electron chi connectivity index (χ0n) is 9.94. The molecule has 0 saturated heterocycles. The largest absolute Gasteiger partial charge is 0.435 e. The van der Waals surface area contributed by atoms with Gasteiger partial charge in [0.25, 0.3) is 0 Å². The quantitative estimate of drug-likeness (QED) is 0.883. The molecule has 0 aromatic carbocycles. The lowest BCUT2D eigenvalue weighted by atomic mass is 10.3. The molecular formula is C10H11F3N6. The Morgan fingerprint density at radius 1 is 1.32 bits per heavy atom. The van der Waals surface area contributed by atoms with E-state index < -0.39 is 11.9 Å². The van der Waals surface area contributed by atoms with Gasteiger partial charge >= 0.3 is 6.18 Å². The molecule has 2 aromatic rings. The van der Waals surface area contributed by atoms with Gasteiger partial charge in [0, 0.05) is 19.2 Å². The van der Waals surface area contributed by atoms with Crippen molar-refractivity contribution in [1.29, 1.82) is 0 Å². The number of aromatic nitrogens is 4. The molecule has 0 radical (unpaired) electrons. The molecule has 2 aromatic heterocycles. The van der Waals surface area contributed by atoms with Gasteiger partial charge in [-0.15, -0.1) is 10.2 Å². The Labute approximate surface area is 106 Å². The first-order valence-corrected chi connectivity index (χ1v) is 5.29. The lowest BCUT2D eigenvalue weighted by Crippen LogP contribution is -2.10. The van der Waals surface area contributed by atoms with Crippen LogP contribution in [0.4, 0.5) is 24.8 Å². The van der Waals surface area contributed by atoms with Gasteiger partial charge in [-0.2, -0.15) is 18.3 Å². The van der Waals surface area contributed by atoms with Gasteiger partial charge in [-0.25, -0.2) is 0 Å². The molecule has 102 valence electrons. The summed E-state index contributed by atoms with van der Waals surface area (Å²) in [5.74, 6) is 0.712. The van der Waals surface area contributed by atoms with Crippen LogP contribution in [0.2, 0.25) is 0 Å². The molecule has 0 aliphatic carbocycles. The predicted octanol–water partition coefficient (Wildman–Crippen LogP) is 1.42. The maximum absolute atomic E-state index is 12.3. The fourth-order valence-electron chi connectivity index (χ4n) is 1.39. The SMILES string of the molecule is Cn1ncc(CNc2ccc(C(F)(F)F)nn2)c1N. The van der Waals surface area contributed by atoms with Crippen LogP contribution in [0, 0.1) is 0 Å². The number of halogens is 3. The van der Waals surface area contributed by atoms with Gasteiger partial charge in [0.05, 0.1) is 6.20 Å². The third kappa shape index (κ3) is 2.92. The molecule has 2 rings (SSSR count). The van der Waals surface area contributed by atoms with Crippen LogP contribution in [-0.4, -0.2) is 20.0 Å². The van der Waals surface area contributed by atoms with E-state index in [2.05, 4.69) is 20.6 Å². The van der Waals surface area contributed by atoms with Crippen molar-refractivity contribution in [3.05, 3.63) is 29.6 Å². The van der Waals surface area contributed by atoms with Crippen molar-refractivity contribution in [3.63, 3.8) is 0 Å². The molecule has 0 aliphatic rings. The summed E-state index contributed by atoms with van der Waals surface area (Å²) in [7, 11) is 1.69. The first-order valence-electron chi connectivity index (χ1n) is 5.29. The van der Waals surface area contributed by atoms with E-state index in [1.54, 1.807) is 13.2 Å². The van der Waals surface area contributed by atoms with Crippen molar-refractivity contribution in [1.82, 2.24) is 20.0 Å². The molecule has 0 bridgehead atoms. The Balaban J connectivity index is 2.03. The van der Waals surface area contributed by atoms with Gasteiger partial charge in [-0.3, -0.25) is 4.68 Å². The van der Waals surface area contributed by atoms with E-state index >= 15 is 0 Å². The molecule has 0 atom stereocenters. The highest BCUT2D eigenvalue weighted by atomic mass is 19.4. The fraction of sp³-hybridized carbons (Fsp3) is 0.300. The van der Waals surface area contributed by atoms with Crippen LogP contribution in [-0.2, 0) is 19.8 Å². The minimum atomic E-state index is -4.49. The maximum Gasteiger partial charge on any atom is 0.435 e. The van der Waals surface area contributed by atoms with E-state index in [0.717, 1.165) is 11.6 Å². The maximum atomic E-state index is 12.3. The Morgan fingerprint density at radius 2 is 2.05 bits per heavy atom. The number of alkyl halides is 3. The summed E-state index contributed by atoms with van der Waals surface area (Å²) in [6, 6.07) is 2.07. The van der Waals surface area contributed by atoms with Crippen molar-refractivity contribution in [2.75, 3.05) is 11.1 Å². The van der Waals surface area contributed by atoms with Gasteiger partial charge in [0.15, 0.2) is 5.69 Å². The van der Waals surface area contributed by atoms with Crippen LogP contribution < -0.4 is 11.1 Å². The summed E-state index contributed by atoms with van der Waals surface area (Å²) < 4.78 is 38.3. The van der Waals surface area contributed by atoms with Crippen LogP contribution in [0.1, 0.15) is 11.3 Å². The molecule has 0 fully saturated rings. The van der Waals surface area contributed by atoms with E-state index in [1.165, 1.54) is 10.7 Å². The molecule has 19 heavy (non-hydrogen) atoms. The molecule has 0 amide bonds. The molecule has 2 heterocycles. The summed E-state index contributed by atoms with van der Waals surface area (Å²) in [6.07, 6.45) is -2.92. The van der Waals surface area contributed by atoms with E-state index in [4.69, 9.17) is 5.73 Å². The third-order valence-electron chi connectivity index (χ3n) is 2.48. The normalized spacial score (nSPS) is 11.6. The summed E-state index contributed by atoms with van der Waals surface area (Å²) >= 11 is 0. The van der Waals surface area contributed by atoms with Gasteiger partial charge in [-0.1, -0.05) is 0 Å². The zero-order valence-corrected chi connectivity index (χ0v) is 9.94. The molecule has 9 heteroatoms. The minimum absolute atomic E-state index is 0.233. The van der Waals surface area contributed by atoms with Crippen LogP contribution >= 0.6 is 0 Å². The first-order chi connectivity index (χ1) is 8.88. The highest BCUT2D eigenvalue weighted by Gasteiger charge is 2.32.